The summed E-state index contributed by atoms with van der Waals surface area (Å²) in [4.78, 5) is 37.7. The van der Waals surface area contributed by atoms with Crippen molar-refractivity contribution in [3.8, 4) is 0 Å². The molecule has 0 N–H and O–H groups in total. The highest BCUT2D eigenvalue weighted by molar-refractivity contribution is 5.71. The molecular formula is C53H94O6. The summed E-state index contributed by atoms with van der Waals surface area (Å²) in [5, 5.41) is 0. The van der Waals surface area contributed by atoms with Crippen LogP contribution in [0.2, 0.25) is 0 Å². The Labute approximate surface area is 365 Å². The van der Waals surface area contributed by atoms with E-state index in [-0.39, 0.29) is 31.1 Å². The summed E-state index contributed by atoms with van der Waals surface area (Å²) < 4.78 is 16.7. The lowest BCUT2D eigenvalue weighted by Crippen LogP contribution is -2.30. The molecule has 0 spiro atoms. The lowest BCUT2D eigenvalue weighted by atomic mass is 10.0. The van der Waals surface area contributed by atoms with E-state index in [1.54, 1.807) is 0 Å². The van der Waals surface area contributed by atoms with Gasteiger partial charge in [-0.05, 0) is 57.8 Å². The molecular weight excluding hydrogens is 733 g/mol. The largest absolute Gasteiger partial charge is 0.462 e. The molecule has 0 aromatic heterocycles. The minimum Gasteiger partial charge on any atom is -0.462 e. The third-order valence-corrected chi connectivity index (χ3v) is 10.8. The van der Waals surface area contributed by atoms with Gasteiger partial charge in [0.2, 0.25) is 0 Å². The summed E-state index contributed by atoms with van der Waals surface area (Å²) in [6.45, 7) is 6.47. The number of ether oxygens (including phenoxy) is 3. The van der Waals surface area contributed by atoms with Crippen LogP contribution in [0.25, 0.3) is 0 Å². The second kappa shape index (κ2) is 48.0. The van der Waals surface area contributed by atoms with Crippen molar-refractivity contribution < 1.29 is 28.6 Å². The van der Waals surface area contributed by atoms with Crippen LogP contribution in [-0.4, -0.2) is 37.2 Å². The van der Waals surface area contributed by atoms with Gasteiger partial charge in [0, 0.05) is 19.3 Å². The number of rotatable bonds is 45. The van der Waals surface area contributed by atoms with Crippen LogP contribution in [0, 0.1) is 0 Å². The Morgan fingerprint density at radius 1 is 0.356 bits per heavy atom. The minimum atomic E-state index is -0.769. The van der Waals surface area contributed by atoms with E-state index >= 15 is 0 Å². The van der Waals surface area contributed by atoms with Crippen molar-refractivity contribution >= 4 is 17.9 Å². The van der Waals surface area contributed by atoms with Gasteiger partial charge in [-0.2, -0.15) is 0 Å². The number of esters is 3. The molecule has 0 radical (unpaired) electrons. The molecule has 0 aliphatic rings. The molecule has 342 valence electrons. The highest BCUT2D eigenvalue weighted by atomic mass is 16.6. The quantitative estimate of drug-likeness (QED) is 0.0263. The SMILES string of the molecule is CC/C=C\C/C=C\C/C=C\C/C=C\CCCCCCCCCCC(=O)OCC(COC(=O)CCCCCCCC)OC(=O)CCCCCCCCCCCCCCCC. The molecule has 0 aromatic carbocycles. The third-order valence-electron chi connectivity index (χ3n) is 10.8. The summed E-state index contributed by atoms with van der Waals surface area (Å²) in [7, 11) is 0. The van der Waals surface area contributed by atoms with Crippen LogP contribution >= 0.6 is 0 Å². The first-order valence-corrected chi connectivity index (χ1v) is 25.1. The fourth-order valence-corrected chi connectivity index (χ4v) is 7.08. The number of hydrogen-bond acceptors (Lipinski definition) is 6. The van der Waals surface area contributed by atoms with Gasteiger partial charge in [0.25, 0.3) is 0 Å². The first kappa shape index (κ1) is 56.4. The second-order valence-corrected chi connectivity index (χ2v) is 16.7. The predicted octanol–water partition coefficient (Wildman–Crippen LogP) is 16.3. The van der Waals surface area contributed by atoms with E-state index in [0.717, 1.165) is 89.9 Å². The summed E-state index contributed by atoms with van der Waals surface area (Å²) in [6.07, 6.45) is 56.9. The van der Waals surface area contributed by atoms with Crippen molar-refractivity contribution in [3.63, 3.8) is 0 Å². The van der Waals surface area contributed by atoms with Gasteiger partial charge >= 0.3 is 17.9 Å². The summed E-state index contributed by atoms with van der Waals surface area (Å²) in [6, 6.07) is 0. The van der Waals surface area contributed by atoms with E-state index in [0.29, 0.717) is 19.3 Å². The van der Waals surface area contributed by atoms with Crippen molar-refractivity contribution in [2.45, 2.75) is 258 Å². The fourth-order valence-electron chi connectivity index (χ4n) is 7.08. The molecule has 0 aliphatic carbocycles. The smallest absolute Gasteiger partial charge is 0.306 e. The maximum atomic E-state index is 12.7. The van der Waals surface area contributed by atoms with Crippen LogP contribution in [0.1, 0.15) is 252 Å². The van der Waals surface area contributed by atoms with E-state index in [2.05, 4.69) is 69.4 Å². The Hall–Kier alpha value is -2.63. The van der Waals surface area contributed by atoms with E-state index < -0.39 is 6.10 Å². The Morgan fingerprint density at radius 3 is 1.03 bits per heavy atom. The van der Waals surface area contributed by atoms with Crippen LogP contribution in [0.5, 0.6) is 0 Å². The predicted molar refractivity (Wildman–Crippen MR) is 252 cm³/mol. The maximum Gasteiger partial charge on any atom is 0.306 e. The number of unbranched alkanes of at least 4 members (excludes halogenated alkanes) is 26. The molecule has 6 heteroatoms. The summed E-state index contributed by atoms with van der Waals surface area (Å²) in [5.74, 6) is -0.885. The molecule has 0 aliphatic heterocycles. The van der Waals surface area contributed by atoms with E-state index in [1.807, 2.05) is 0 Å². The Kier molecular flexibility index (Phi) is 45.9. The maximum absolute atomic E-state index is 12.7. The first-order valence-electron chi connectivity index (χ1n) is 25.1. The van der Waals surface area contributed by atoms with Gasteiger partial charge in [0.15, 0.2) is 6.10 Å². The van der Waals surface area contributed by atoms with Crippen molar-refractivity contribution in [1.82, 2.24) is 0 Å². The lowest BCUT2D eigenvalue weighted by Gasteiger charge is -2.18. The molecule has 0 heterocycles. The number of carbonyl (C=O) groups excluding carboxylic acids is 3. The summed E-state index contributed by atoms with van der Waals surface area (Å²) in [5.41, 5.74) is 0. The normalized spacial score (nSPS) is 12.4. The molecule has 0 rings (SSSR count). The number of carbonyl (C=O) groups is 3. The molecule has 0 amide bonds. The fraction of sp³-hybridized carbons (Fsp3) is 0.792. The molecule has 0 fully saturated rings. The Bertz CT molecular complexity index is 1040. The highest BCUT2D eigenvalue weighted by Crippen LogP contribution is 2.15. The number of hydrogen-bond donors (Lipinski definition) is 0. The molecule has 0 bridgehead atoms. The van der Waals surface area contributed by atoms with Crippen LogP contribution < -0.4 is 0 Å². The van der Waals surface area contributed by atoms with Gasteiger partial charge in [0.1, 0.15) is 13.2 Å². The Balaban J connectivity index is 4.19. The monoisotopic (exact) mass is 827 g/mol. The molecule has 0 saturated carbocycles. The zero-order valence-electron chi connectivity index (χ0n) is 39.0. The van der Waals surface area contributed by atoms with E-state index in [1.165, 1.54) is 122 Å². The van der Waals surface area contributed by atoms with Crippen LogP contribution in [0.15, 0.2) is 48.6 Å². The van der Waals surface area contributed by atoms with Crippen LogP contribution in [0.3, 0.4) is 0 Å². The van der Waals surface area contributed by atoms with Crippen LogP contribution in [-0.2, 0) is 28.6 Å². The second-order valence-electron chi connectivity index (χ2n) is 16.7. The first-order chi connectivity index (χ1) is 29.0. The zero-order valence-corrected chi connectivity index (χ0v) is 39.0. The van der Waals surface area contributed by atoms with Crippen molar-refractivity contribution in [2.24, 2.45) is 0 Å². The van der Waals surface area contributed by atoms with E-state index in [9.17, 15) is 14.4 Å². The molecule has 1 unspecified atom stereocenters. The van der Waals surface area contributed by atoms with Crippen molar-refractivity contribution in [1.29, 1.82) is 0 Å². The highest BCUT2D eigenvalue weighted by Gasteiger charge is 2.19. The molecule has 59 heavy (non-hydrogen) atoms. The van der Waals surface area contributed by atoms with Gasteiger partial charge in [0.05, 0.1) is 0 Å². The summed E-state index contributed by atoms with van der Waals surface area (Å²) >= 11 is 0. The van der Waals surface area contributed by atoms with Gasteiger partial charge in [-0.15, -0.1) is 0 Å². The minimum absolute atomic E-state index is 0.0735. The molecule has 0 saturated heterocycles. The van der Waals surface area contributed by atoms with Gasteiger partial charge in [-0.3, -0.25) is 14.4 Å². The third kappa shape index (κ3) is 46.3. The average molecular weight is 827 g/mol. The van der Waals surface area contributed by atoms with E-state index in [4.69, 9.17) is 14.2 Å². The molecule has 6 nitrogen and oxygen atoms in total. The average Bonchev–Trinajstić information content (AvgIpc) is 3.23. The van der Waals surface area contributed by atoms with Crippen LogP contribution in [0.4, 0.5) is 0 Å². The van der Waals surface area contributed by atoms with Crippen molar-refractivity contribution in [3.05, 3.63) is 48.6 Å². The standard InChI is InChI=1S/C53H94O6/c1-4-7-10-13-16-18-20-22-24-25-26-27-28-29-30-32-33-35-37-40-43-46-52(55)58-49-50(48-57-51(54)45-42-39-15-12-9-6-3)59-53(56)47-44-41-38-36-34-31-23-21-19-17-14-11-8-5-2/h7,10,16,18,22,24,26-27,50H,4-6,8-9,11-15,17,19-21,23,25,28-49H2,1-3H3/b10-7-,18-16-,24-22-,27-26-. The van der Waals surface area contributed by atoms with Gasteiger partial charge in [-0.25, -0.2) is 0 Å². The van der Waals surface area contributed by atoms with Gasteiger partial charge in [-0.1, -0.05) is 223 Å². The Morgan fingerprint density at radius 2 is 0.661 bits per heavy atom. The molecule has 1 atom stereocenters. The number of allylic oxidation sites excluding steroid dienone is 8. The van der Waals surface area contributed by atoms with Crippen molar-refractivity contribution in [2.75, 3.05) is 13.2 Å². The van der Waals surface area contributed by atoms with Gasteiger partial charge < -0.3 is 14.2 Å². The molecule has 0 aromatic rings. The zero-order chi connectivity index (χ0) is 43.0. The topological polar surface area (TPSA) is 78.9 Å². The lowest BCUT2D eigenvalue weighted by molar-refractivity contribution is -0.167.